The second kappa shape index (κ2) is 6.40. The van der Waals surface area contributed by atoms with Crippen molar-refractivity contribution in [2.75, 3.05) is 5.43 Å². The zero-order chi connectivity index (χ0) is 16.4. The van der Waals surface area contributed by atoms with E-state index in [0.717, 1.165) is 10.9 Å². The SMILES string of the molecule is Cc1ccc2nc(Cl)nc(NNC(=O)c3ccccc3Cl)c2c1. The summed E-state index contributed by atoms with van der Waals surface area (Å²) in [5.74, 6) is 0.0511. The molecule has 0 bridgehead atoms. The van der Waals surface area contributed by atoms with Crippen molar-refractivity contribution in [2.45, 2.75) is 6.92 Å². The van der Waals surface area contributed by atoms with Gasteiger partial charge >= 0.3 is 0 Å². The van der Waals surface area contributed by atoms with E-state index in [1.165, 1.54) is 0 Å². The van der Waals surface area contributed by atoms with E-state index in [1.807, 2.05) is 25.1 Å². The number of hydrogen-bond acceptors (Lipinski definition) is 4. The van der Waals surface area contributed by atoms with Gasteiger partial charge in [0, 0.05) is 5.39 Å². The van der Waals surface area contributed by atoms with Crippen molar-refractivity contribution in [3.63, 3.8) is 0 Å². The topological polar surface area (TPSA) is 66.9 Å². The number of anilines is 1. The molecular weight excluding hydrogens is 335 g/mol. The van der Waals surface area contributed by atoms with Crippen LogP contribution >= 0.6 is 23.2 Å². The van der Waals surface area contributed by atoms with Gasteiger partial charge in [0.25, 0.3) is 5.91 Å². The Kier molecular flexibility index (Phi) is 4.32. The number of aromatic nitrogens is 2. The van der Waals surface area contributed by atoms with Crippen LogP contribution in [0.3, 0.4) is 0 Å². The smallest absolute Gasteiger partial charge is 0.271 e. The summed E-state index contributed by atoms with van der Waals surface area (Å²) in [6.07, 6.45) is 0. The summed E-state index contributed by atoms with van der Waals surface area (Å²) in [6.45, 7) is 1.96. The quantitative estimate of drug-likeness (QED) is 0.555. The van der Waals surface area contributed by atoms with E-state index in [-0.39, 0.29) is 11.2 Å². The maximum Gasteiger partial charge on any atom is 0.271 e. The predicted molar refractivity (Wildman–Crippen MR) is 91.8 cm³/mol. The maximum atomic E-state index is 12.2. The van der Waals surface area contributed by atoms with E-state index < -0.39 is 0 Å². The van der Waals surface area contributed by atoms with Gasteiger partial charge in [0.2, 0.25) is 5.28 Å². The predicted octanol–water partition coefficient (Wildman–Crippen LogP) is 4.00. The average molecular weight is 347 g/mol. The number of fused-ring (bicyclic) bond motifs is 1. The lowest BCUT2D eigenvalue weighted by Gasteiger charge is -2.11. The minimum atomic E-state index is -0.369. The monoisotopic (exact) mass is 346 g/mol. The number of aryl methyl sites for hydroxylation is 1. The Morgan fingerprint density at radius 1 is 1.09 bits per heavy atom. The third kappa shape index (κ3) is 3.36. The number of nitrogens with zero attached hydrogens (tertiary/aromatic N) is 2. The summed E-state index contributed by atoms with van der Waals surface area (Å²) in [5, 5.41) is 1.22. The van der Waals surface area contributed by atoms with Gasteiger partial charge in [-0.3, -0.25) is 15.6 Å². The number of halogens is 2. The Labute approximate surface area is 142 Å². The molecule has 0 unspecified atom stereocenters. The van der Waals surface area contributed by atoms with Crippen molar-refractivity contribution in [1.82, 2.24) is 15.4 Å². The van der Waals surface area contributed by atoms with Crippen molar-refractivity contribution < 1.29 is 4.79 Å². The zero-order valence-corrected chi connectivity index (χ0v) is 13.6. The highest BCUT2D eigenvalue weighted by molar-refractivity contribution is 6.33. The molecule has 7 heteroatoms. The van der Waals surface area contributed by atoms with Gasteiger partial charge in [-0.1, -0.05) is 35.4 Å². The van der Waals surface area contributed by atoms with Crippen LogP contribution in [0.1, 0.15) is 15.9 Å². The molecule has 0 aliphatic carbocycles. The number of nitrogens with one attached hydrogen (secondary N) is 2. The summed E-state index contributed by atoms with van der Waals surface area (Å²) >= 11 is 11.9. The van der Waals surface area contributed by atoms with Gasteiger partial charge in [-0.05, 0) is 42.8 Å². The lowest BCUT2D eigenvalue weighted by atomic mass is 10.1. The van der Waals surface area contributed by atoms with Gasteiger partial charge in [0.15, 0.2) is 5.82 Å². The van der Waals surface area contributed by atoms with Crippen LogP contribution in [0.2, 0.25) is 10.3 Å². The number of carbonyl (C=O) groups excluding carboxylic acids is 1. The van der Waals surface area contributed by atoms with Crippen LogP contribution in [0.15, 0.2) is 42.5 Å². The fourth-order valence-electron chi connectivity index (χ4n) is 2.14. The number of amides is 1. The Morgan fingerprint density at radius 2 is 1.87 bits per heavy atom. The van der Waals surface area contributed by atoms with Gasteiger partial charge in [-0.15, -0.1) is 0 Å². The van der Waals surface area contributed by atoms with Crippen LogP contribution in [0.25, 0.3) is 10.9 Å². The molecule has 3 rings (SSSR count). The first-order chi connectivity index (χ1) is 11.0. The molecule has 2 N–H and O–H groups in total. The summed E-state index contributed by atoms with van der Waals surface area (Å²) in [4.78, 5) is 20.5. The molecule has 0 spiro atoms. The summed E-state index contributed by atoms with van der Waals surface area (Å²) < 4.78 is 0. The highest BCUT2D eigenvalue weighted by Gasteiger charge is 2.11. The highest BCUT2D eigenvalue weighted by Crippen LogP contribution is 2.23. The normalized spacial score (nSPS) is 10.6. The number of carbonyl (C=O) groups is 1. The van der Waals surface area contributed by atoms with Gasteiger partial charge in [-0.2, -0.15) is 4.98 Å². The first kappa shape index (κ1) is 15.5. The standard InChI is InChI=1S/C16H12Cl2N4O/c1-9-6-7-13-11(8-9)14(20-16(18)19-13)21-22-15(23)10-4-2-3-5-12(10)17/h2-8H,1H3,(H,22,23)(H,19,20,21). The molecular formula is C16H12Cl2N4O. The molecule has 5 nitrogen and oxygen atoms in total. The van der Waals surface area contributed by atoms with Crippen molar-refractivity contribution in [3.05, 3.63) is 63.9 Å². The van der Waals surface area contributed by atoms with Crippen LogP contribution in [-0.4, -0.2) is 15.9 Å². The molecule has 0 aliphatic rings. The average Bonchev–Trinajstić information content (AvgIpc) is 2.53. The molecule has 0 atom stereocenters. The first-order valence-electron chi connectivity index (χ1n) is 6.79. The molecule has 1 aromatic heterocycles. The largest absolute Gasteiger partial charge is 0.281 e. The lowest BCUT2D eigenvalue weighted by molar-refractivity contribution is 0.0962. The van der Waals surface area contributed by atoms with Gasteiger partial charge < -0.3 is 0 Å². The van der Waals surface area contributed by atoms with E-state index in [2.05, 4.69) is 20.8 Å². The van der Waals surface area contributed by atoms with Gasteiger partial charge in [0.05, 0.1) is 16.1 Å². The van der Waals surface area contributed by atoms with Crippen molar-refractivity contribution >= 4 is 45.8 Å². The molecule has 2 aromatic carbocycles. The summed E-state index contributed by atoms with van der Waals surface area (Å²) in [5.41, 5.74) is 7.45. The molecule has 116 valence electrons. The second-order valence-corrected chi connectivity index (χ2v) is 5.67. The highest BCUT2D eigenvalue weighted by atomic mass is 35.5. The molecule has 3 aromatic rings. The molecule has 1 heterocycles. The van der Waals surface area contributed by atoms with Crippen molar-refractivity contribution in [2.24, 2.45) is 0 Å². The third-order valence-electron chi connectivity index (χ3n) is 3.24. The fraction of sp³-hybridized carbons (Fsp3) is 0.0625. The molecule has 23 heavy (non-hydrogen) atoms. The molecule has 1 amide bonds. The number of hydrazine groups is 1. The van der Waals surface area contributed by atoms with Gasteiger partial charge in [0.1, 0.15) is 0 Å². The van der Waals surface area contributed by atoms with E-state index in [1.54, 1.807) is 24.3 Å². The van der Waals surface area contributed by atoms with Crippen molar-refractivity contribution in [3.8, 4) is 0 Å². The number of benzene rings is 2. The van der Waals surface area contributed by atoms with Crippen molar-refractivity contribution in [1.29, 1.82) is 0 Å². The molecule has 0 radical (unpaired) electrons. The summed E-state index contributed by atoms with van der Waals surface area (Å²) in [6, 6.07) is 12.5. The van der Waals surface area contributed by atoms with Crippen LogP contribution in [-0.2, 0) is 0 Å². The number of rotatable bonds is 3. The van der Waals surface area contributed by atoms with Crippen LogP contribution < -0.4 is 10.9 Å². The Hall–Kier alpha value is -2.37. The summed E-state index contributed by atoms with van der Waals surface area (Å²) in [7, 11) is 0. The molecule has 0 saturated carbocycles. The molecule has 0 aliphatic heterocycles. The zero-order valence-electron chi connectivity index (χ0n) is 12.1. The van der Waals surface area contributed by atoms with E-state index in [0.29, 0.717) is 21.9 Å². The minimum Gasteiger partial charge on any atom is -0.281 e. The van der Waals surface area contributed by atoms with Gasteiger partial charge in [-0.25, -0.2) is 4.98 Å². The van der Waals surface area contributed by atoms with Crippen LogP contribution in [0.4, 0.5) is 5.82 Å². The molecule has 0 fully saturated rings. The van der Waals surface area contributed by atoms with E-state index in [4.69, 9.17) is 23.2 Å². The fourth-order valence-corrected chi connectivity index (χ4v) is 2.53. The first-order valence-corrected chi connectivity index (χ1v) is 7.55. The third-order valence-corrected chi connectivity index (χ3v) is 3.74. The Balaban J connectivity index is 1.89. The Bertz CT molecular complexity index is 898. The Morgan fingerprint density at radius 3 is 2.65 bits per heavy atom. The lowest BCUT2D eigenvalue weighted by Crippen LogP contribution is -2.30. The van der Waals surface area contributed by atoms with E-state index >= 15 is 0 Å². The van der Waals surface area contributed by atoms with Crippen LogP contribution in [0.5, 0.6) is 0 Å². The van der Waals surface area contributed by atoms with Crippen LogP contribution in [0, 0.1) is 6.92 Å². The maximum absolute atomic E-state index is 12.2. The molecule has 0 saturated heterocycles. The second-order valence-electron chi connectivity index (χ2n) is 4.92. The number of hydrogen-bond donors (Lipinski definition) is 2. The minimum absolute atomic E-state index is 0.0934. The van der Waals surface area contributed by atoms with E-state index in [9.17, 15) is 4.79 Å².